The zero-order chi connectivity index (χ0) is 31.1. The van der Waals surface area contributed by atoms with Crippen LogP contribution in [0.1, 0.15) is 22.3 Å². The van der Waals surface area contributed by atoms with Crippen LogP contribution >= 0.6 is 0 Å². The van der Waals surface area contributed by atoms with Crippen molar-refractivity contribution in [1.82, 2.24) is 9.88 Å². The second-order valence-electron chi connectivity index (χ2n) is 11.0. The van der Waals surface area contributed by atoms with Crippen LogP contribution in [0.2, 0.25) is 0 Å². The summed E-state index contributed by atoms with van der Waals surface area (Å²) in [5, 5.41) is 13.9. The van der Waals surface area contributed by atoms with Gasteiger partial charge in [-0.15, -0.1) is 0 Å². The number of rotatable bonds is 16. The fraction of sp³-hybridized carbons (Fsp3) is 0.211. The lowest BCUT2D eigenvalue weighted by molar-refractivity contribution is -0.115. The van der Waals surface area contributed by atoms with Crippen molar-refractivity contribution >= 4 is 11.6 Å². The smallest absolute Gasteiger partial charge is 0.228 e. The normalized spacial score (nSPS) is 11.6. The van der Waals surface area contributed by atoms with Gasteiger partial charge in [0.05, 0.1) is 6.42 Å². The van der Waals surface area contributed by atoms with Crippen LogP contribution < -0.4 is 14.8 Å². The van der Waals surface area contributed by atoms with E-state index in [2.05, 4.69) is 27.3 Å². The van der Waals surface area contributed by atoms with Crippen molar-refractivity contribution in [3.63, 3.8) is 0 Å². The van der Waals surface area contributed by atoms with Gasteiger partial charge in [0, 0.05) is 37.7 Å². The van der Waals surface area contributed by atoms with Gasteiger partial charge < -0.3 is 19.9 Å². The standard InChI is InChI=1S/C38H39N3O4/c42-35(29-45-37-17-15-36(16-18-37)44-28-33-9-5-2-6-10-33)27-41(26-32-7-3-1-4-8-32)24-21-30-11-13-34(14-12-30)40-38(43)25-31-19-22-39-23-20-31/h1-20,22-23,35,42H,21,24-29H2,(H,40,43)/t35-/m0/s1. The van der Waals surface area contributed by atoms with Crippen LogP contribution in [0, 0.1) is 0 Å². The molecule has 1 heterocycles. The molecule has 0 aliphatic rings. The van der Waals surface area contributed by atoms with Crippen LogP contribution in [0.25, 0.3) is 0 Å². The predicted octanol–water partition coefficient (Wildman–Crippen LogP) is 6.33. The van der Waals surface area contributed by atoms with E-state index in [-0.39, 0.29) is 12.5 Å². The fourth-order valence-electron chi connectivity index (χ4n) is 4.93. The number of amides is 1. The first-order valence-corrected chi connectivity index (χ1v) is 15.2. The molecule has 5 rings (SSSR count). The number of hydrogen-bond donors (Lipinski definition) is 2. The van der Waals surface area contributed by atoms with Crippen molar-refractivity contribution in [2.75, 3.05) is 25.0 Å². The average molecular weight is 602 g/mol. The Bertz CT molecular complexity index is 1570. The van der Waals surface area contributed by atoms with Gasteiger partial charge in [0.25, 0.3) is 0 Å². The summed E-state index contributed by atoms with van der Waals surface area (Å²) in [6.45, 7) is 2.63. The topological polar surface area (TPSA) is 83.9 Å². The molecule has 0 radical (unpaired) electrons. The molecule has 7 heteroatoms. The number of aromatic nitrogens is 1. The monoisotopic (exact) mass is 601 g/mol. The van der Waals surface area contributed by atoms with Crippen molar-refractivity contribution in [3.8, 4) is 11.5 Å². The molecule has 45 heavy (non-hydrogen) atoms. The van der Waals surface area contributed by atoms with Crippen LogP contribution in [0.15, 0.2) is 134 Å². The highest BCUT2D eigenvalue weighted by Crippen LogP contribution is 2.19. The van der Waals surface area contributed by atoms with E-state index in [4.69, 9.17) is 9.47 Å². The highest BCUT2D eigenvalue weighted by atomic mass is 16.5. The van der Waals surface area contributed by atoms with E-state index >= 15 is 0 Å². The molecule has 0 saturated heterocycles. The molecule has 0 spiro atoms. The first kappa shape index (κ1) is 31.4. The van der Waals surface area contributed by atoms with E-state index in [0.717, 1.165) is 41.1 Å². The molecule has 0 bridgehead atoms. The fourth-order valence-corrected chi connectivity index (χ4v) is 4.93. The van der Waals surface area contributed by atoms with Gasteiger partial charge in [-0.1, -0.05) is 72.8 Å². The summed E-state index contributed by atoms with van der Waals surface area (Å²) in [5.74, 6) is 1.39. The Morgan fingerprint density at radius 2 is 1.33 bits per heavy atom. The number of ether oxygens (including phenoxy) is 2. The van der Waals surface area contributed by atoms with Crippen molar-refractivity contribution in [3.05, 3.63) is 156 Å². The molecule has 1 aromatic heterocycles. The van der Waals surface area contributed by atoms with E-state index in [1.54, 1.807) is 12.4 Å². The molecule has 0 fully saturated rings. The number of aliphatic hydroxyl groups is 1. The largest absolute Gasteiger partial charge is 0.491 e. The first-order valence-electron chi connectivity index (χ1n) is 15.2. The van der Waals surface area contributed by atoms with Gasteiger partial charge in [-0.05, 0) is 77.2 Å². The van der Waals surface area contributed by atoms with Crippen LogP contribution in [-0.2, 0) is 30.8 Å². The Balaban J connectivity index is 1.10. The molecular weight excluding hydrogens is 562 g/mol. The number of pyridine rings is 1. The van der Waals surface area contributed by atoms with Crippen molar-refractivity contribution in [2.45, 2.75) is 32.1 Å². The van der Waals surface area contributed by atoms with Gasteiger partial charge >= 0.3 is 0 Å². The average Bonchev–Trinajstić information content (AvgIpc) is 3.08. The van der Waals surface area contributed by atoms with E-state index in [0.29, 0.717) is 31.9 Å². The minimum absolute atomic E-state index is 0.0634. The van der Waals surface area contributed by atoms with Crippen molar-refractivity contribution < 1.29 is 19.4 Å². The van der Waals surface area contributed by atoms with E-state index in [1.165, 1.54) is 5.56 Å². The molecule has 0 aliphatic heterocycles. The summed E-state index contributed by atoms with van der Waals surface area (Å²) >= 11 is 0. The van der Waals surface area contributed by atoms with Gasteiger partial charge in [0.2, 0.25) is 5.91 Å². The lowest BCUT2D eigenvalue weighted by atomic mass is 10.1. The minimum Gasteiger partial charge on any atom is -0.491 e. The third-order valence-electron chi connectivity index (χ3n) is 7.30. The van der Waals surface area contributed by atoms with Crippen LogP contribution in [0.5, 0.6) is 11.5 Å². The number of carbonyl (C=O) groups excluding carboxylic acids is 1. The Morgan fingerprint density at radius 3 is 2.00 bits per heavy atom. The van der Waals surface area contributed by atoms with Gasteiger partial charge in [-0.3, -0.25) is 14.7 Å². The van der Waals surface area contributed by atoms with Gasteiger partial charge in [0.15, 0.2) is 0 Å². The van der Waals surface area contributed by atoms with Crippen LogP contribution in [-0.4, -0.2) is 46.7 Å². The summed E-state index contributed by atoms with van der Waals surface area (Å²) in [6, 6.07) is 39.4. The third-order valence-corrected chi connectivity index (χ3v) is 7.30. The second-order valence-corrected chi connectivity index (χ2v) is 11.0. The van der Waals surface area contributed by atoms with Gasteiger partial charge in [0.1, 0.15) is 30.8 Å². The molecule has 1 atom stereocenters. The number of nitrogens with one attached hydrogen (secondary N) is 1. The Labute approximate surface area is 265 Å². The molecule has 1 amide bonds. The number of aliphatic hydroxyl groups excluding tert-OH is 1. The molecular formula is C38H39N3O4. The summed E-state index contributed by atoms with van der Waals surface area (Å²) in [5.41, 5.74) is 5.14. The SMILES string of the molecule is O=C(Cc1ccncc1)Nc1ccc(CCN(Cc2ccccc2)C[C@H](O)COc2ccc(OCc3ccccc3)cc2)cc1. The van der Waals surface area contributed by atoms with E-state index in [9.17, 15) is 9.90 Å². The molecule has 0 saturated carbocycles. The summed E-state index contributed by atoms with van der Waals surface area (Å²) in [6.07, 6.45) is 3.82. The zero-order valence-electron chi connectivity index (χ0n) is 25.3. The molecule has 5 aromatic rings. The maximum Gasteiger partial charge on any atom is 0.228 e. The lowest BCUT2D eigenvalue weighted by Gasteiger charge is -2.25. The highest BCUT2D eigenvalue weighted by molar-refractivity contribution is 5.92. The number of carbonyl (C=O) groups is 1. The molecule has 0 aliphatic carbocycles. The minimum atomic E-state index is -0.666. The predicted molar refractivity (Wildman–Crippen MR) is 177 cm³/mol. The number of anilines is 1. The quantitative estimate of drug-likeness (QED) is 0.138. The summed E-state index contributed by atoms with van der Waals surface area (Å²) in [7, 11) is 0. The Morgan fingerprint density at radius 1 is 0.711 bits per heavy atom. The van der Waals surface area contributed by atoms with Gasteiger partial charge in [-0.2, -0.15) is 0 Å². The Hall–Kier alpha value is -4.98. The molecule has 230 valence electrons. The molecule has 4 aromatic carbocycles. The third kappa shape index (κ3) is 10.9. The van der Waals surface area contributed by atoms with Crippen LogP contribution in [0.4, 0.5) is 5.69 Å². The highest BCUT2D eigenvalue weighted by Gasteiger charge is 2.14. The lowest BCUT2D eigenvalue weighted by Crippen LogP contribution is -2.36. The molecule has 2 N–H and O–H groups in total. The number of benzene rings is 4. The van der Waals surface area contributed by atoms with Gasteiger partial charge in [-0.25, -0.2) is 0 Å². The Kier molecular flexibility index (Phi) is 11.7. The molecule has 0 unspecified atom stereocenters. The second kappa shape index (κ2) is 16.8. The maximum absolute atomic E-state index is 12.4. The van der Waals surface area contributed by atoms with Crippen LogP contribution in [0.3, 0.4) is 0 Å². The van der Waals surface area contributed by atoms with E-state index in [1.807, 2.05) is 109 Å². The van der Waals surface area contributed by atoms with E-state index < -0.39 is 6.10 Å². The molecule has 7 nitrogen and oxygen atoms in total. The maximum atomic E-state index is 12.4. The van der Waals surface area contributed by atoms with Crippen molar-refractivity contribution in [2.24, 2.45) is 0 Å². The summed E-state index contributed by atoms with van der Waals surface area (Å²) < 4.78 is 11.8. The van der Waals surface area contributed by atoms with Crippen molar-refractivity contribution in [1.29, 1.82) is 0 Å². The number of hydrogen-bond acceptors (Lipinski definition) is 6. The number of nitrogens with zero attached hydrogens (tertiary/aromatic N) is 2. The summed E-state index contributed by atoms with van der Waals surface area (Å²) in [4.78, 5) is 18.7. The zero-order valence-corrected chi connectivity index (χ0v) is 25.3. The first-order chi connectivity index (χ1) is 22.1.